The van der Waals surface area contributed by atoms with Crippen molar-refractivity contribution in [2.75, 3.05) is 5.73 Å². The molecule has 1 aliphatic rings. The first kappa shape index (κ1) is 17.4. The molecule has 1 aromatic heterocycles. The number of nitrogens with two attached hydrogens (primary N) is 1. The Kier molecular flexibility index (Phi) is 5.00. The van der Waals surface area contributed by atoms with Gasteiger partial charge in [0.25, 0.3) is 5.91 Å². The van der Waals surface area contributed by atoms with Crippen LogP contribution in [0.2, 0.25) is 0 Å². The first-order valence-electron chi connectivity index (χ1n) is 8.04. The average Bonchev–Trinajstić information content (AvgIpc) is 3.02. The smallest absolute Gasteiger partial charge is 0.253 e. The predicted octanol–water partition coefficient (Wildman–Crippen LogP) is 1.29. The van der Waals surface area contributed by atoms with Gasteiger partial charge in [0.1, 0.15) is 5.82 Å². The van der Waals surface area contributed by atoms with Crippen LogP contribution < -0.4 is 15.8 Å². The van der Waals surface area contributed by atoms with Crippen LogP contribution in [0.4, 0.5) is 5.82 Å². The molecule has 2 atom stereocenters. The van der Waals surface area contributed by atoms with Crippen molar-refractivity contribution in [3.8, 4) is 0 Å². The summed E-state index contributed by atoms with van der Waals surface area (Å²) in [6, 6.07) is 11.2. The fourth-order valence-electron chi connectivity index (χ4n) is 2.92. The fourth-order valence-corrected chi connectivity index (χ4v) is 4.22. The summed E-state index contributed by atoms with van der Waals surface area (Å²) in [4.78, 5) is 16.3. The van der Waals surface area contributed by atoms with Crippen LogP contribution in [0, 0.1) is 0 Å². The largest absolute Gasteiger partial charge is 0.384 e. The lowest BCUT2D eigenvalue weighted by molar-refractivity contribution is 0.0937. The van der Waals surface area contributed by atoms with Crippen LogP contribution in [-0.2, 0) is 10.0 Å². The summed E-state index contributed by atoms with van der Waals surface area (Å²) >= 11 is 0. The van der Waals surface area contributed by atoms with E-state index in [1.807, 2.05) is 0 Å². The lowest BCUT2D eigenvalue weighted by Gasteiger charge is -2.15. The van der Waals surface area contributed by atoms with Gasteiger partial charge in [-0.3, -0.25) is 4.79 Å². The molecule has 1 saturated carbocycles. The van der Waals surface area contributed by atoms with E-state index in [0.29, 0.717) is 24.2 Å². The number of sulfonamides is 1. The summed E-state index contributed by atoms with van der Waals surface area (Å²) in [6.45, 7) is 0. The molecule has 1 fully saturated rings. The van der Waals surface area contributed by atoms with Crippen LogP contribution in [0.25, 0.3) is 0 Å². The van der Waals surface area contributed by atoms with Crippen molar-refractivity contribution in [1.29, 1.82) is 0 Å². The molecular weight excluding hydrogens is 340 g/mol. The van der Waals surface area contributed by atoms with E-state index in [9.17, 15) is 13.2 Å². The summed E-state index contributed by atoms with van der Waals surface area (Å²) in [5.41, 5.74) is 5.94. The van der Waals surface area contributed by atoms with Gasteiger partial charge in [0.2, 0.25) is 10.0 Å². The minimum absolute atomic E-state index is 0.0754. The van der Waals surface area contributed by atoms with Gasteiger partial charge < -0.3 is 11.1 Å². The molecule has 25 heavy (non-hydrogen) atoms. The SMILES string of the molecule is Nc1ccc(C(=O)N[C@H]2CC[C@@H](NS(=O)(=O)c3ccccc3)C2)cn1. The maximum Gasteiger partial charge on any atom is 0.253 e. The van der Waals surface area contributed by atoms with E-state index in [0.717, 1.165) is 6.42 Å². The van der Waals surface area contributed by atoms with Gasteiger partial charge in [0.05, 0.1) is 10.5 Å². The van der Waals surface area contributed by atoms with Gasteiger partial charge in [-0.05, 0) is 43.5 Å². The van der Waals surface area contributed by atoms with Crippen LogP contribution in [0.1, 0.15) is 29.6 Å². The van der Waals surface area contributed by atoms with Crippen molar-refractivity contribution in [2.45, 2.75) is 36.2 Å². The molecule has 0 unspecified atom stereocenters. The van der Waals surface area contributed by atoms with Crippen LogP contribution in [0.15, 0.2) is 53.6 Å². The molecule has 0 aliphatic heterocycles. The number of aromatic nitrogens is 1. The Hall–Kier alpha value is -2.45. The minimum atomic E-state index is -3.54. The molecule has 0 radical (unpaired) electrons. The Morgan fingerprint density at radius 2 is 1.80 bits per heavy atom. The second kappa shape index (κ2) is 7.20. The average molecular weight is 360 g/mol. The Balaban J connectivity index is 1.57. The third-order valence-electron chi connectivity index (χ3n) is 4.19. The van der Waals surface area contributed by atoms with Crippen molar-refractivity contribution >= 4 is 21.7 Å². The first-order valence-corrected chi connectivity index (χ1v) is 9.52. The number of rotatable bonds is 5. The molecule has 0 bridgehead atoms. The highest BCUT2D eigenvalue weighted by atomic mass is 32.2. The van der Waals surface area contributed by atoms with Crippen LogP contribution in [0.5, 0.6) is 0 Å². The molecule has 1 aromatic carbocycles. The molecule has 132 valence electrons. The molecule has 2 aromatic rings. The van der Waals surface area contributed by atoms with E-state index in [4.69, 9.17) is 5.73 Å². The zero-order valence-electron chi connectivity index (χ0n) is 13.6. The minimum Gasteiger partial charge on any atom is -0.384 e. The molecule has 0 spiro atoms. The lowest BCUT2D eigenvalue weighted by atomic mass is 10.2. The molecule has 1 amide bonds. The number of carbonyl (C=O) groups is 1. The lowest BCUT2D eigenvalue weighted by Crippen LogP contribution is -2.37. The number of hydrogen-bond donors (Lipinski definition) is 3. The highest BCUT2D eigenvalue weighted by Gasteiger charge is 2.29. The van der Waals surface area contributed by atoms with E-state index in [2.05, 4.69) is 15.0 Å². The number of nitrogen functional groups attached to an aromatic ring is 1. The number of nitrogens with zero attached hydrogens (tertiary/aromatic N) is 1. The Bertz CT molecular complexity index is 838. The van der Waals surface area contributed by atoms with Gasteiger partial charge in [0.15, 0.2) is 0 Å². The highest BCUT2D eigenvalue weighted by Crippen LogP contribution is 2.22. The van der Waals surface area contributed by atoms with Gasteiger partial charge in [-0.15, -0.1) is 0 Å². The maximum absolute atomic E-state index is 12.4. The number of nitrogens with one attached hydrogen (secondary N) is 2. The summed E-state index contributed by atoms with van der Waals surface area (Å²) < 4.78 is 27.4. The van der Waals surface area contributed by atoms with Crippen molar-refractivity contribution < 1.29 is 13.2 Å². The Morgan fingerprint density at radius 3 is 2.48 bits per heavy atom. The number of anilines is 1. The number of benzene rings is 1. The van der Waals surface area contributed by atoms with Gasteiger partial charge >= 0.3 is 0 Å². The molecule has 7 nitrogen and oxygen atoms in total. The Labute approximate surface area is 146 Å². The van der Waals surface area contributed by atoms with Crippen molar-refractivity contribution in [2.24, 2.45) is 0 Å². The normalized spacial score (nSPS) is 20.3. The first-order chi connectivity index (χ1) is 11.9. The van der Waals surface area contributed by atoms with Crippen LogP contribution in [0.3, 0.4) is 0 Å². The van der Waals surface area contributed by atoms with Crippen LogP contribution in [-0.4, -0.2) is 31.4 Å². The zero-order chi connectivity index (χ0) is 17.9. The third-order valence-corrected chi connectivity index (χ3v) is 5.73. The second-order valence-corrected chi connectivity index (χ2v) is 7.80. The van der Waals surface area contributed by atoms with Gasteiger partial charge in [-0.2, -0.15) is 0 Å². The summed E-state index contributed by atoms with van der Waals surface area (Å²) in [5.74, 6) is 0.122. The van der Waals surface area contributed by atoms with Gasteiger partial charge in [-0.1, -0.05) is 18.2 Å². The Morgan fingerprint density at radius 1 is 1.08 bits per heavy atom. The topological polar surface area (TPSA) is 114 Å². The summed E-state index contributed by atoms with van der Waals surface area (Å²) in [6.07, 6.45) is 3.38. The third kappa shape index (κ3) is 4.34. The molecule has 3 rings (SSSR count). The molecule has 4 N–H and O–H groups in total. The zero-order valence-corrected chi connectivity index (χ0v) is 14.4. The van der Waals surface area contributed by atoms with Gasteiger partial charge in [0, 0.05) is 18.3 Å². The fraction of sp³-hybridized carbons (Fsp3) is 0.294. The summed E-state index contributed by atoms with van der Waals surface area (Å²) in [5, 5.41) is 2.92. The molecule has 1 heterocycles. The van der Waals surface area contributed by atoms with E-state index in [1.54, 1.807) is 42.5 Å². The molecule has 8 heteroatoms. The van der Waals surface area contributed by atoms with E-state index >= 15 is 0 Å². The maximum atomic E-state index is 12.4. The monoisotopic (exact) mass is 360 g/mol. The standard InChI is InChI=1S/C17H20N4O3S/c18-16-9-6-12(11-19-16)17(22)20-13-7-8-14(10-13)21-25(23,24)15-4-2-1-3-5-15/h1-6,9,11,13-14,21H,7-8,10H2,(H2,18,19)(H,20,22)/t13-,14+/m0/s1. The highest BCUT2D eigenvalue weighted by molar-refractivity contribution is 7.89. The molecule has 1 aliphatic carbocycles. The molecule has 0 saturated heterocycles. The second-order valence-electron chi connectivity index (χ2n) is 6.09. The predicted molar refractivity (Wildman–Crippen MR) is 94.3 cm³/mol. The number of pyridine rings is 1. The summed E-state index contributed by atoms with van der Waals surface area (Å²) in [7, 11) is -3.54. The van der Waals surface area contributed by atoms with Gasteiger partial charge in [-0.25, -0.2) is 18.1 Å². The number of amides is 1. The van der Waals surface area contributed by atoms with E-state index < -0.39 is 10.0 Å². The van der Waals surface area contributed by atoms with Crippen molar-refractivity contribution in [1.82, 2.24) is 15.0 Å². The van der Waals surface area contributed by atoms with E-state index in [-0.39, 0.29) is 22.9 Å². The van der Waals surface area contributed by atoms with E-state index in [1.165, 1.54) is 6.20 Å². The van der Waals surface area contributed by atoms with Crippen molar-refractivity contribution in [3.63, 3.8) is 0 Å². The van der Waals surface area contributed by atoms with Crippen LogP contribution >= 0.6 is 0 Å². The quantitative estimate of drug-likeness (QED) is 0.743. The number of hydrogen-bond acceptors (Lipinski definition) is 5. The molecular formula is C17H20N4O3S. The number of carbonyl (C=O) groups excluding carboxylic acids is 1. The van der Waals surface area contributed by atoms with Crippen molar-refractivity contribution in [3.05, 3.63) is 54.2 Å².